The maximum atomic E-state index is 12.3. The van der Waals surface area contributed by atoms with E-state index in [0.29, 0.717) is 23.4 Å². The summed E-state index contributed by atoms with van der Waals surface area (Å²) in [4.78, 5) is 49.1. The summed E-state index contributed by atoms with van der Waals surface area (Å²) >= 11 is 0. The van der Waals surface area contributed by atoms with Crippen molar-refractivity contribution in [2.45, 2.75) is 26.8 Å². The first-order valence-corrected chi connectivity index (χ1v) is 10.5. The van der Waals surface area contributed by atoms with Crippen molar-refractivity contribution < 1.29 is 9.59 Å². The van der Waals surface area contributed by atoms with Crippen molar-refractivity contribution in [1.29, 1.82) is 0 Å². The number of carbonyl (C=O) groups is 2. The first kappa shape index (κ1) is 25.8. The minimum atomic E-state index is -0.423. The summed E-state index contributed by atoms with van der Waals surface area (Å²) in [5, 5.41) is 5.69. The van der Waals surface area contributed by atoms with Crippen molar-refractivity contribution in [1.82, 2.24) is 29.7 Å². The number of H-pyrrole nitrogens is 1. The van der Waals surface area contributed by atoms with E-state index in [2.05, 4.69) is 44.3 Å². The molecule has 3 aromatic rings. The topological polar surface area (TPSA) is 151 Å². The fourth-order valence-corrected chi connectivity index (χ4v) is 3.25. The Morgan fingerprint density at radius 1 is 1.18 bits per heavy atom. The first-order valence-electron chi connectivity index (χ1n) is 10.5. The van der Waals surface area contributed by atoms with Gasteiger partial charge in [-0.15, -0.1) is 12.4 Å². The normalized spacial score (nSPS) is 10.8. The van der Waals surface area contributed by atoms with Gasteiger partial charge in [0.2, 0.25) is 11.9 Å². The number of benzene rings is 1. The SMILES string of the molecule is CCN(CC)CCNC(=O)c1ccc(NC(=O)CCn2cnc3c(=O)[nH]c(N)nc32)cc1.Cl. The number of nitrogens with one attached hydrogen (secondary N) is 3. The number of nitrogen functional groups attached to an aromatic ring is 1. The zero-order chi connectivity index (χ0) is 23.1. The number of hydrogen-bond acceptors (Lipinski definition) is 7. The summed E-state index contributed by atoms with van der Waals surface area (Å²) in [5.74, 6) is -0.379. The third-order valence-corrected chi connectivity index (χ3v) is 5.11. The van der Waals surface area contributed by atoms with Gasteiger partial charge in [0.15, 0.2) is 11.2 Å². The highest BCUT2D eigenvalue weighted by molar-refractivity contribution is 5.95. The van der Waals surface area contributed by atoms with Crippen LogP contribution in [0.5, 0.6) is 0 Å². The second kappa shape index (κ2) is 12.0. The standard InChI is InChI=1S/C21H28N8O3.ClH/c1-3-28(4-2)12-10-23-19(31)14-5-7-15(8-6-14)25-16(30)9-11-29-13-24-17-18(29)26-21(22)27-20(17)32;/h5-8,13H,3-4,9-12H2,1-2H3,(H,23,31)(H,25,30)(H3,22,26,27,32);1H. The van der Waals surface area contributed by atoms with Gasteiger partial charge in [-0.1, -0.05) is 13.8 Å². The summed E-state index contributed by atoms with van der Waals surface area (Å²) in [6.45, 7) is 7.73. The Balaban J connectivity index is 0.00000385. The highest BCUT2D eigenvalue weighted by Crippen LogP contribution is 2.11. The van der Waals surface area contributed by atoms with Crippen molar-refractivity contribution in [2.24, 2.45) is 0 Å². The number of rotatable bonds is 10. The fraction of sp³-hybridized carbons (Fsp3) is 0.381. The van der Waals surface area contributed by atoms with Gasteiger partial charge in [0.25, 0.3) is 11.5 Å². The molecule has 12 heteroatoms. The molecule has 178 valence electrons. The molecule has 0 radical (unpaired) electrons. The molecule has 3 rings (SSSR count). The summed E-state index contributed by atoms with van der Waals surface area (Å²) in [5.41, 5.74) is 6.77. The first-order chi connectivity index (χ1) is 15.4. The van der Waals surface area contributed by atoms with Crippen molar-refractivity contribution in [2.75, 3.05) is 37.2 Å². The summed E-state index contributed by atoms with van der Waals surface area (Å²) in [6.07, 6.45) is 1.60. The van der Waals surface area contributed by atoms with Crippen LogP contribution in [-0.2, 0) is 11.3 Å². The van der Waals surface area contributed by atoms with Crippen LogP contribution in [0.3, 0.4) is 0 Å². The molecule has 0 aliphatic carbocycles. The van der Waals surface area contributed by atoms with Crippen LogP contribution in [0.2, 0.25) is 0 Å². The van der Waals surface area contributed by atoms with E-state index in [0.717, 1.165) is 19.6 Å². The number of amides is 2. The molecule has 0 saturated heterocycles. The van der Waals surface area contributed by atoms with E-state index in [4.69, 9.17) is 5.73 Å². The Hall–Kier alpha value is -3.44. The summed E-state index contributed by atoms with van der Waals surface area (Å²) in [7, 11) is 0. The number of fused-ring (bicyclic) bond motifs is 1. The van der Waals surface area contributed by atoms with Crippen LogP contribution in [-0.4, -0.2) is 62.4 Å². The number of imidazole rings is 1. The third kappa shape index (κ3) is 6.77. The van der Waals surface area contributed by atoms with Gasteiger partial charge in [-0.2, -0.15) is 4.98 Å². The van der Waals surface area contributed by atoms with E-state index in [1.54, 1.807) is 28.8 Å². The van der Waals surface area contributed by atoms with Gasteiger partial charge in [0.05, 0.1) is 6.33 Å². The largest absolute Gasteiger partial charge is 0.369 e. The monoisotopic (exact) mass is 476 g/mol. The van der Waals surface area contributed by atoms with Gasteiger partial charge in [0.1, 0.15) is 0 Å². The van der Waals surface area contributed by atoms with E-state index < -0.39 is 5.56 Å². The van der Waals surface area contributed by atoms with Crippen LogP contribution in [0.15, 0.2) is 35.4 Å². The molecule has 0 atom stereocenters. The number of carbonyl (C=O) groups excluding carboxylic acids is 2. The quantitative estimate of drug-likeness (QED) is 0.343. The van der Waals surface area contributed by atoms with Gasteiger partial charge in [-0.3, -0.25) is 19.4 Å². The number of halogens is 1. The van der Waals surface area contributed by atoms with Crippen molar-refractivity contribution in [3.8, 4) is 0 Å². The maximum Gasteiger partial charge on any atom is 0.280 e. The number of aryl methyl sites for hydroxylation is 1. The molecule has 0 aliphatic rings. The van der Waals surface area contributed by atoms with Gasteiger partial charge in [-0.05, 0) is 37.4 Å². The van der Waals surface area contributed by atoms with E-state index >= 15 is 0 Å². The predicted molar refractivity (Wildman–Crippen MR) is 130 cm³/mol. The van der Waals surface area contributed by atoms with Crippen LogP contribution in [0.4, 0.5) is 11.6 Å². The molecule has 2 amide bonds. The molecule has 0 unspecified atom stereocenters. The Morgan fingerprint density at radius 3 is 2.55 bits per heavy atom. The minimum absolute atomic E-state index is 0. The van der Waals surface area contributed by atoms with E-state index in [1.807, 2.05) is 0 Å². The van der Waals surface area contributed by atoms with E-state index in [-0.39, 0.29) is 48.7 Å². The average Bonchev–Trinajstić information content (AvgIpc) is 3.19. The number of aromatic nitrogens is 4. The van der Waals surface area contributed by atoms with Gasteiger partial charge in [-0.25, -0.2) is 4.98 Å². The molecule has 0 bridgehead atoms. The Bertz CT molecular complexity index is 1140. The number of aromatic amines is 1. The Morgan fingerprint density at radius 2 is 1.88 bits per heavy atom. The lowest BCUT2D eigenvalue weighted by Crippen LogP contribution is -2.34. The molecule has 33 heavy (non-hydrogen) atoms. The average molecular weight is 477 g/mol. The van der Waals surface area contributed by atoms with Crippen LogP contribution in [0.25, 0.3) is 11.2 Å². The lowest BCUT2D eigenvalue weighted by Gasteiger charge is -2.18. The molecule has 0 spiro atoms. The van der Waals surface area contributed by atoms with Gasteiger partial charge >= 0.3 is 0 Å². The highest BCUT2D eigenvalue weighted by atomic mass is 35.5. The van der Waals surface area contributed by atoms with Crippen LogP contribution in [0, 0.1) is 0 Å². The number of nitrogens with zero attached hydrogens (tertiary/aromatic N) is 4. The maximum absolute atomic E-state index is 12.3. The zero-order valence-electron chi connectivity index (χ0n) is 18.6. The Labute approximate surface area is 197 Å². The van der Waals surface area contributed by atoms with Crippen molar-refractivity contribution in [3.63, 3.8) is 0 Å². The molecule has 0 saturated carbocycles. The van der Waals surface area contributed by atoms with Crippen LogP contribution in [0.1, 0.15) is 30.6 Å². The number of likely N-dealkylation sites (N-methyl/N-ethyl adjacent to an activating group) is 1. The van der Waals surface area contributed by atoms with Crippen molar-refractivity contribution >= 4 is 47.0 Å². The van der Waals surface area contributed by atoms with E-state index in [1.165, 1.54) is 6.33 Å². The molecular formula is C21H29ClN8O3. The number of anilines is 2. The molecule has 2 heterocycles. The molecule has 11 nitrogen and oxygen atoms in total. The van der Waals surface area contributed by atoms with Crippen LogP contribution >= 0.6 is 12.4 Å². The minimum Gasteiger partial charge on any atom is -0.369 e. The zero-order valence-corrected chi connectivity index (χ0v) is 19.4. The molecule has 2 aromatic heterocycles. The Kier molecular flexibility index (Phi) is 9.37. The molecular weight excluding hydrogens is 448 g/mol. The summed E-state index contributed by atoms with van der Waals surface area (Å²) < 4.78 is 1.60. The number of hydrogen-bond donors (Lipinski definition) is 4. The highest BCUT2D eigenvalue weighted by Gasteiger charge is 2.11. The van der Waals surface area contributed by atoms with Gasteiger partial charge in [0, 0.05) is 37.3 Å². The lowest BCUT2D eigenvalue weighted by molar-refractivity contribution is -0.116. The lowest BCUT2D eigenvalue weighted by atomic mass is 10.2. The predicted octanol–water partition coefficient (Wildman–Crippen LogP) is 1.22. The molecule has 1 aromatic carbocycles. The molecule has 0 fully saturated rings. The van der Waals surface area contributed by atoms with Crippen molar-refractivity contribution in [3.05, 3.63) is 46.5 Å². The van der Waals surface area contributed by atoms with Crippen LogP contribution < -0.4 is 21.9 Å². The summed E-state index contributed by atoms with van der Waals surface area (Å²) in [6, 6.07) is 6.71. The molecule has 0 aliphatic heterocycles. The van der Waals surface area contributed by atoms with E-state index in [9.17, 15) is 14.4 Å². The second-order valence-corrected chi connectivity index (χ2v) is 7.22. The van der Waals surface area contributed by atoms with Gasteiger partial charge < -0.3 is 25.8 Å². The smallest absolute Gasteiger partial charge is 0.280 e. The molecule has 5 N–H and O–H groups in total. The fourth-order valence-electron chi connectivity index (χ4n) is 3.25. The number of nitrogens with two attached hydrogens (primary N) is 1. The third-order valence-electron chi connectivity index (χ3n) is 5.11. The second-order valence-electron chi connectivity index (χ2n) is 7.22.